The highest BCUT2D eigenvalue weighted by molar-refractivity contribution is 5.91. The van der Waals surface area contributed by atoms with Crippen LogP contribution in [0.4, 0.5) is 0 Å². The Bertz CT molecular complexity index is 960. The Morgan fingerprint density at radius 3 is 2.47 bits per heavy atom. The van der Waals surface area contributed by atoms with Crippen LogP contribution in [0, 0.1) is 5.92 Å². The molecule has 0 saturated carbocycles. The van der Waals surface area contributed by atoms with Crippen molar-refractivity contribution >= 4 is 11.9 Å². The third-order valence-corrected chi connectivity index (χ3v) is 5.16. The normalized spacial score (nSPS) is 16.3. The van der Waals surface area contributed by atoms with Gasteiger partial charge in [0.2, 0.25) is 5.82 Å². The molecule has 4 rings (SSSR count). The van der Waals surface area contributed by atoms with E-state index in [0.717, 1.165) is 24.1 Å². The van der Waals surface area contributed by atoms with Crippen molar-refractivity contribution in [3.8, 4) is 17.1 Å². The zero-order valence-electron chi connectivity index (χ0n) is 16.9. The Hall–Kier alpha value is -3.48. The minimum absolute atomic E-state index is 0.127. The number of likely N-dealkylation sites (tertiary alicyclic amines) is 1. The fourth-order valence-electron chi connectivity index (χ4n) is 3.68. The standard InChI is InChI=1S/C23H24N4O3/c1-2-30-23(29)18-12-9-15-26(16-18)22(28)20-24-21(17-10-5-3-6-11-17)27(25-20)19-13-7-4-8-14-19/h3-8,10-11,13-14,18H,2,9,12,15-16H2,1H3/t18-/m1/s1. The van der Waals surface area contributed by atoms with E-state index in [9.17, 15) is 9.59 Å². The van der Waals surface area contributed by atoms with Crippen molar-refractivity contribution in [1.82, 2.24) is 19.7 Å². The van der Waals surface area contributed by atoms with Gasteiger partial charge >= 0.3 is 5.97 Å². The fourth-order valence-corrected chi connectivity index (χ4v) is 3.68. The van der Waals surface area contributed by atoms with E-state index in [1.54, 1.807) is 16.5 Å². The van der Waals surface area contributed by atoms with Gasteiger partial charge in [-0.05, 0) is 31.9 Å². The second-order valence-electron chi connectivity index (χ2n) is 7.21. The monoisotopic (exact) mass is 404 g/mol. The highest BCUT2D eigenvalue weighted by Gasteiger charge is 2.32. The number of esters is 1. The Morgan fingerprint density at radius 1 is 1.07 bits per heavy atom. The Balaban J connectivity index is 1.65. The molecule has 154 valence electrons. The van der Waals surface area contributed by atoms with Crippen molar-refractivity contribution < 1.29 is 14.3 Å². The molecule has 2 aromatic carbocycles. The van der Waals surface area contributed by atoms with Crippen molar-refractivity contribution in [1.29, 1.82) is 0 Å². The summed E-state index contributed by atoms with van der Waals surface area (Å²) < 4.78 is 6.83. The molecule has 30 heavy (non-hydrogen) atoms. The average Bonchev–Trinajstić information content (AvgIpc) is 3.25. The van der Waals surface area contributed by atoms with E-state index in [1.165, 1.54) is 0 Å². The van der Waals surface area contributed by atoms with Crippen LogP contribution in [0.1, 0.15) is 30.4 Å². The molecule has 7 heteroatoms. The van der Waals surface area contributed by atoms with Gasteiger partial charge in [-0.3, -0.25) is 9.59 Å². The molecule has 0 bridgehead atoms. The lowest BCUT2D eigenvalue weighted by Crippen LogP contribution is -2.43. The maximum absolute atomic E-state index is 13.2. The number of hydrogen-bond donors (Lipinski definition) is 0. The summed E-state index contributed by atoms with van der Waals surface area (Å²) in [5.74, 6) is -0.0858. The highest BCUT2D eigenvalue weighted by Crippen LogP contribution is 2.23. The topological polar surface area (TPSA) is 77.3 Å². The summed E-state index contributed by atoms with van der Waals surface area (Å²) in [6.45, 7) is 3.04. The molecular weight excluding hydrogens is 380 g/mol. The maximum Gasteiger partial charge on any atom is 0.310 e. The maximum atomic E-state index is 13.2. The summed E-state index contributed by atoms with van der Waals surface area (Å²) in [5.41, 5.74) is 1.70. The average molecular weight is 404 g/mol. The predicted octanol–water partition coefficient (Wildman–Crippen LogP) is 3.35. The molecule has 7 nitrogen and oxygen atoms in total. The van der Waals surface area contributed by atoms with E-state index in [2.05, 4.69) is 10.1 Å². The van der Waals surface area contributed by atoms with Crippen LogP contribution in [0.3, 0.4) is 0 Å². The highest BCUT2D eigenvalue weighted by atomic mass is 16.5. The lowest BCUT2D eigenvalue weighted by atomic mass is 9.98. The summed E-state index contributed by atoms with van der Waals surface area (Å²) >= 11 is 0. The van der Waals surface area contributed by atoms with Crippen LogP contribution in [0.5, 0.6) is 0 Å². The van der Waals surface area contributed by atoms with Crippen LogP contribution in [0.25, 0.3) is 17.1 Å². The van der Waals surface area contributed by atoms with Crippen LogP contribution in [0.2, 0.25) is 0 Å². The van der Waals surface area contributed by atoms with Gasteiger partial charge in [-0.1, -0.05) is 48.5 Å². The number of aromatic nitrogens is 3. The number of rotatable bonds is 5. The number of carbonyl (C=O) groups excluding carboxylic acids is 2. The molecule has 1 aromatic heterocycles. The third kappa shape index (κ3) is 4.10. The van der Waals surface area contributed by atoms with Crippen molar-refractivity contribution in [2.24, 2.45) is 5.92 Å². The third-order valence-electron chi connectivity index (χ3n) is 5.16. The number of carbonyl (C=O) groups is 2. The molecule has 1 amide bonds. The van der Waals surface area contributed by atoms with Crippen LogP contribution in [-0.4, -0.2) is 51.2 Å². The van der Waals surface area contributed by atoms with Gasteiger partial charge in [0.1, 0.15) is 0 Å². The molecule has 1 aliphatic heterocycles. The van der Waals surface area contributed by atoms with Crippen LogP contribution >= 0.6 is 0 Å². The van der Waals surface area contributed by atoms with Gasteiger partial charge in [0.05, 0.1) is 18.2 Å². The molecule has 0 radical (unpaired) electrons. The van der Waals surface area contributed by atoms with Crippen molar-refractivity contribution in [2.75, 3.05) is 19.7 Å². The van der Waals surface area contributed by atoms with E-state index >= 15 is 0 Å². The number of amides is 1. The molecule has 1 saturated heterocycles. The van der Waals surface area contributed by atoms with Gasteiger partial charge in [-0.2, -0.15) is 0 Å². The lowest BCUT2D eigenvalue weighted by Gasteiger charge is -2.30. The lowest BCUT2D eigenvalue weighted by molar-refractivity contribution is -0.149. The van der Waals surface area contributed by atoms with Crippen LogP contribution in [-0.2, 0) is 9.53 Å². The second-order valence-corrected chi connectivity index (χ2v) is 7.21. The van der Waals surface area contributed by atoms with Gasteiger partial charge < -0.3 is 9.64 Å². The van der Waals surface area contributed by atoms with Crippen LogP contribution < -0.4 is 0 Å². The fraction of sp³-hybridized carbons (Fsp3) is 0.304. The first-order chi connectivity index (χ1) is 14.7. The Kier molecular flexibility index (Phi) is 5.88. The quantitative estimate of drug-likeness (QED) is 0.610. The summed E-state index contributed by atoms with van der Waals surface area (Å²) in [6.07, 6.45) is 1.48. The second kappa shape index (κ2) is 8.90. The molecule has 1 atom stereocenters. The number of ether oxygens (including phenoxy) is 1. The summed E-state index contributed by atoms with van der Waals surface area (Å²) in [4.78, 5) is 31.6. The molecule has 2 heterocycles. The molecular formula is C23H24N4O3. The molecule has 0 aliphatic carbocycles. The van der Waals surface area contributed by atoms with E-state index < -0.39 is 0 Å². The number of nitrogens with zero attached hydrogens (tertiary/aromatic N) is 4. The van der Waals surface area contributed by atoms with Crippen molar-refractivity contribution in [2.45, 2.75) is 19.8 Å². The zero-order valence-corrected chi connectivity index (χ0v) is 16.9. The minimum Gasteiger partial charge on any atom is -0.466 e. The largest absolute Gasteiger partial charge is 0.466 e. The number of benzene rings is 2. The van der Waals surface area contributed by atoms with E-state index in [-0.39, 0.29) is 23.6 Å². The van der Waals surface area contributed by atoms with Crippen molar-refractivity contribution in [3.63, 3.8) is 0 Å². The number of piperidine rings is 1. The van der Waals surface area contributed by atoms with Gasteiger partial charge in [-0.15, -0.1) is 5.10 Å². The van der Waals surface area contributed by atoms with Gasteiger partial charge in [0.15, 0.2) is 5.82 Å². The predicted molar refractivity (Wildman–Crippen MR) is 112 cm³/mol. The molecule has 1 fully saturated rings. The molecule has 0 N–H and O–H groups in total. The molecule has 0 spiro atoms. The first-order valence-electron chi connectivity index (χ1n) is 10.2. The summed E-state index contributed by atoms with van der Waals surface area (Å²) in [6, 6.07) is 19.3. The minimum atomic E-state index is -0.299. The summed E-state index contributed by atoms with van der Waals surface area (Å²) in [5, 5.41) is 4.54. The van der Waals surface area contributed by atoms with Gasteiger partial charge in [-0.25, -0.2) is 9.67 Å². The molecule has 3 aromatic rings. The smallest absolute Gasteiger partial charge is 0.310 e. The number of para-hydroxylation sites is 1. The van der Waals surface area contributed by atoms with Gasteiger partial charge in [0, 0.05) is 18.7 Å². The first-order valence-corrected chi connectivity index (χ1v) is 10.2. The zero-order chi connectivity index (χ0) is 20.9. The summed E-state index contributed by atoms with van der Waals surface area (Å²) in [7, 11) is 0. The van der Waals surface area contributed by atoms with Crippen molar-refractivity contribution in [3.05, 3.63) is 66.5 Å². The van der Waals surface area contributed by atoms with Crippen LogP contribution in [0.15, 0.2) is 60.7 Å². The Morgan fingerprint density at radius 2 is 1.77 bits per heavy atom. The Labute approximate surface area is 175 Å². The SMILES string of the molecule is CCOC(=O)[C@@H]1CCCN(C(=O)c2nc(-c3ccccc3)n(-c3ccccc3)n2)C1. The molecule has 1 aliphatic rings. The molecule has 0 unspecified atom stereocenters. The van der Waals surface area contributed by atoms with E-state index in [4.69, 9.17) is 4.74 Å². The first kappa shape index (κ1) is 19.8. The number of hydrogen-bond acceptors (Lipinski definition) is 5. The van der Waals surface area contributed by atoms with E-state index in [0.29, 0.717) is 25.5 Å². The van der Waals surface area contributed by atoms with E-state index in [1.807, 2.05) is 60.7 Å². The van der Waals surface area contributed by atoms with Gasteiger partial charge in [0.25, 0.3) is 5.91 Å².